The molecule has 1 heterocycles. The first-order valence-corrected chi connectivity index (χ1v) is 9.69. The molecule has 0 aromatic heterocycles. The molecule has 3 nitrogen and oxygen atoms in total. The van der Waals surface area contributed by atoms with Gasteiger partial charge in [0.25, 0.3) is 5.91 Å². The van der Waals surface area contributed by atoms with Crippen LogP contribution in [0.25, 0.3) is 0 Å². The van der Waals surface area contributed by atoms with Crippen molar-refractivity contribution in [2.75, 3.05) is 36.8 Å². The van der Waals surface area contributed by atoms with Crippen molar-refractivity contribution < 1.29 is 9.18 Å². The topological polar surface area (TPSA) is 23.6 Å². The maximum Gasteiger partial charge on any atom is 0.255 e. The van der Waals surface area contributed by atoms with Gasteiger partial charge in [-0.25, -0.2) is 4.39 Å². The third-order valence-corrected chi connectivity index (χ3v) is 5.62. The van der Waals surface area contributed by atoms with Crippen molar-refractivity contribution >= 4 is 23.4 Å². The predicted octanol–water partition coefficient (Wildman–Crippen LogP) is 4.29. The molecule has 2 aromatic rings. The van der Waals surface area contributed by atoms with E-state index in [-0.39, 0.29) is 11.7 Å². The van der Waals surface area contributed by atoms with Gasteiger partial charge in [-0.3, -0.25) is 4.79 Å². The first kappa shape index (κ1) is 17.8. The number of nitrogens with zero attached hydrogens (tertiary/aromatic N) is 2. The Morgan fingerprint density at radius 2 is 1.72 bits per heavy atom. The van der Waals surface area contributed by atoms with Crippen LogP contribution < -0.4 is 4.90 Å². The third-order valence-electron chi connectivity index (χ3n) is 4.34. The highest BCUT2D eigenvalue weighted by atomic mass is 32.2. The summed E-state index contributed by atoms with van der Waals surface area (Å²) < 4.78 is 13.1. The van der Waals surface area contributed by atoms with Crippen LogP contribution in [0.5, 0.6) is 0 Å². The Kier molecular flexibility index (Phi) is 5.97. The summed E-state index contributed by atoms with van der Waals surface area (Å²) in [5.41, 5.74) is 1.81. The first-order chi connectivity index (χ1) is 12.2. The van der Waals surface area contributed by atoms with E-state index in [2.05, 4.69) is 11.8 Å². The average Bonchev–Trinajstić information content (AvgIpc) is 2.67. The van der Waals surface area contributed by atoms with Gasteiger partial charge in [0, 0.05) is 36.8 Å². The minimum atomic E-state index is -0.223. The number of carbonyl (C=O) groups is 1. The zero-order chi connectivity index (χ0) is 17.6. The molecular weight excluding hydrogens is 335 g/mol. The van der Waals surface area contributed by atoms with Crippen molar-refractivity contribution in [2.24, 2.45) is 0 Å². The van der Waals surface area contributed by atoms with Gasteiger partial charge in [0.1, 0.15) is 5.82 Å². The van der Waals surface area contributed by atoms with Crippen LogP contribution >= 0.6 is 11.8 Å². The quantitative estimate of drug-likeness (QED) is 0.745. The number of carbonyl (C=O) groups excluding carboxylic acids is 1. The van der Waals surface area contributed by atoms with Gasteiger partial charge in [-0.05, 0) is 48.6 Å². The molecule has 0 aliphatic carbocycles. The number of piperazine rings is 1. The molecule has 1 aliphatic heterocycles. The van der Waals surface area contributed by atoms with Crippen LogP contribution in [-0.4, -0.2) is 42.7 Å². The van der Waals surface area contributed by atoms with Crippen LogP contribution in [0.4, 0.5) is 10.1 Å². The average molecular weight is 358 g/mol. The zero-order valence-electron chi connectivity index (χ0n) is 14.5. The van der Waals surface area contributed by atoms with E-state index in [4.69, 9.17) is 0 Å². The molecule has 0 saturated carbocycles. The molecule has 0 atom stereocenters. The van der Waals surface area contributed by atoms with Crippen molar-refractivity contribution in [3.8, 4) is 0 Å². The molecule has 0 N–H and O–H groups in total. The van der Waals surface area contributed by atoms with Gasteiger partial charge in [0.15, 0.2) is 0 Å². The summed E-state index contributed by atoms with van der Waals surface area (Å²) in [7, 11) is 0. The lowest BCUT2D eigenvalue weighted by Gasteiger charge is -2.36. The summed E-state index contributed by atoms with van der Waals surface area (Å²) in [4.78, 5) is 18.1. The molecule has 3 rings (SSSR count). The summed E-state index contributed by atoms with van der Waals surface area (Å²) in [6.45, 7) is 5.04. The Morgan fingerprint density at radius 3 is 2.40 bits per heavy atom. The molecule has 2 aromatic carbocycles. The molecule has 25 heavy (non-hydrogen) atoms. The van der Waals surface area contributed by atoms with Crippen LogP contribution in [-0.2, 0) is 0 Å². The number of halogens is 1. The standard InChI is InChI=1S/C20H23FN2OS/c1-2-15-25-19-6-4-3-5-18(19)20(24)23-13-11-22(12-14-23)17-9-7-16(21)8-10-17/h3-10H,2,11-15H2,1H3. The maximum atomic E-state index is 13.1. The van der Waals surface area contributed by atoms with E-state index in [1.807, 2.05) is 29.2 Å². The number of anilines is 1. The highest BCUT2D eigenvalue weighted by molar-refractivity contribution is 7.99. The first-order valence-electron chi connectivity index (χ1n) is 8.70. The summed E-state index contributed by atoms with van der Waals surface area (Å²) >= 11 is 1.74. The molecule has 0 unspecified atom stereocenters. The van der Waals surface area contributed by atoms with Gasteiger partial charge in [-0.1, -0.05) is 19.1 Å². The van der Waals surface area contributed by atoms with Crippen LogP contribution in [0.3, 0.4) is 0 Å². The second-order valence-electron chi connectivity index (χ2n) is 6.10. The largest absolute Gasteiger partial charge is 0.368 e. The minimum Gasteiger partial charge on any atom is -0.368 e. The van der Waals surface area contributed by atoms with Crippen LogP contribution in [0.2, 0.25) is 0 Å². The molecule has 1 amide bonds. The SMILES string of the molecule is CCCSc1ccccc1C(=O)N1CCN(c2ccc(F)cc2)CC1. The lowest BCUT2D eigenvalue weighted by Crippen LogP contribution is -2.48. The molecule has 1 aliphatic rings. The van der Waals surface area contributed by atoms with E-state index < -0.39 is 0 Å². The summed E-state index contributed by atoms with van der Waals surface area (Å²) in [5, 5.41) is 0. The number of thioether (sulfide) groups is 1. The molecule has 1 saturated heterocycles. The van der Waals surface area contributed by atoms with Crippen molar-refractivity contribution in [2.45, 2.75) is 18.2 Å². The van der Waals surface area contributed by atoms with E-state index in [9.17, 15) is 9.18 Å². The molecule has 0 radical (unpaired) electrons. The van der Waals surface area contributed by atoms with Gasteiger partial charge in [-0.15, -0.1) is 11.8 Å². The van der Waals surface area contributed by atoms with Crippen molar-refractivity contribution in [3.63, 3.8) is 0 Å². The molecule has 0 bridgehead atoms. The summed E-state index contributed by atoms with van der Waals surface area (Å²) in [5.74, 6) is 0.902. The summed E-state index contributed by atoms with van der Waals surface area (Å²) in [6, 6.07) is 14.4. The van der Waals surface area contributed by atoms with E-state index in [0.717, 1.165) is 41.4 Å². The van der Waals surface area contributed by atoms with Crippen molar-refractivity contribution in [1.82, 2.24) is 4.90 Å². The highest BCUT2D eigenvalue weighted by Gasteiger charge is 2.23. The van der Waals surface area contributed by atoms with Gasteiger partial charge < -0.3 is 9.80 Å². The van der Waals surface area contributed by atoms with Crippen LogP contribution in [0.15, 0.2) is 53.4 Å². The number of amides is 1. The molecule has 0 spiro atoms. The minimum absolute atomic E-state index is 0.109. The van der Waals surface area contributed by atoms with Crippen molar-refractivity contribution in [3.05, 3.63) is 59.9 Å². The fraction of sp³-hybridized carbons (Fsp3) is 0.350. The Balaban J connectivity index is 1.65. The fourth-order valence-electron chi connectivity index (χ4n) is 2.97. The monoisotopic (exact) mass is 358 g/mol. The number of benzene rings is 2. The van der Waals surface area contributed by atoms with E-state index in [0.29, 0.717) is 13.1 Å². The normalized spacial score (nSPS) is 14.6. The van der Waals surface area contributed by atoms with E-state index >= 15 is 0 Å². The highest BCUT2D eigenvalue weighted by Crippen LogP contribution is 2.25. The lowest BCUT2D eigenvalue weighted by atomic mass is 10.1. The van der Waals surface area contributed by atoms with E-state index in [1.54, 1.807) is 23.9 Å². The van der Waals surface area contributed by atoms with Gasteiger partial charge in [-0.2, -0.15) is 0 Å². The number of hydrogen-bond donors (Lipinski definition) is 0. The molecule has 132 valence electrons. The fourth-order valence-corrected chi connectivity index (χ4v) is 3.88. The van der Waals surface area contributed by atoms with Gasteiger partial charge >= 0.3 is 0 Å². The smallest absolute Gasteiger partial charge is 0.255 e. The van der Waals surface area contributed by atoms with Gasteiger partial charge in [0.05, 0.1) is 5.56 Å². The Morgan fingerprint density at radius 1 is 1.04 bits per heavy atom. The van der Waals surface area contributed by atoms with Gasteiger partial charge in [0.2, 0.25) is 0 Å². The summed E-state index contributed by atoms with van der Waals surface area (Å²) in [6.07, 6.45) is 1.09. The molecule has 1 fully saturated rings. The molecule has 5 heteroatoms. The van der Waals surface area contributed by atoms with Crippen LogP contribution in [0, 0.1) is 5.82 Å². The second-order valence-corrected chi connectivity index (χ2v) is 7.24. The second kappa shape index (κ2) is 8.39. The number of hydrogen-bond acceptors (Lipinski definition) is 3. The van der Waals surface area contributed by atoms with Crippen molar-refractivity contribution in [1.29, 1.82) is 0 Å². The Hall–Kier alpha value is -2.01. The van der Waals surface area contributed by atoms with Crippen LogP contribution in [0.1, 0.15) is 23.7 Å². The predicted molar refractivity (Wildman–Crippen MR) is 102 cm³/mol. The Labute approximate surface area is 152 Å². The third kappa shape index (κ3) is 4.34. The zero-order valence-corrected chi connectivity index (χ0v) is 15.3. The molecular formula is C20H23FN2OS. The maximum absolute atomic E-state index is 13.1. The lowest BCUT2D eigenvalue weighted by molar-refractivity contribution is 0.0743. The number of rotatable bonds is 5. The van der Waals surface area contributed by atoms with E-state index in [1.165, 1.54) is 12.1 Å². The Bertz CT molecular complexity index is 712.